The van der Waals surface area contributed by atoms with Gasteiger partial charge in [0.2, 0.25) is 15.9 Å². The van der Waals surface area contributed by atoms with Gasteiger partial charge in [0, 0.05) is 11.6 Å². The third-order valence-electron chi connectivity index (χ3n) is 4.68. The lowest BCUT2D eigenvalue weighted by Crippen LogP contribution is -2.47. The fraction of sp³-hybridized carbons (Fsp3) is 0.381. The van der Waals surface area contributed by atoms with Crippen LogP contribution in [0.15, 0.2) is 42.5 Å². The molecule has 0 radical (unpaired) electrons. The van der Waals surface area contributed by atoms with Crippen molar-refractivity contribution in [2.75, 3.05) is 10.6 Å². The number of hydrogen-bond acceptors (Lipinski definition) is 3. The van der Waals surface area contributed by atoms with Gasteiger partial charge in [0.15, 0.2) is 0 Å². The van der Waals surface area contributed by atoms with Crippen molar-refractivity contribution in [3.05, 3.63) is 64.2 Å². The Kier molecular flexibility index (Phi) is 7.49. The van der Waals surface area contributed by atoms with E-state index < -0.39 is 16.1 Å². The molecule has 1 N–H and O–H groups in total. The predicted molar refractivity (Wildman–Crippen MR) is 115 cm³/mol. The molecule has 0 unspecified atom stereocenters. The number of halogens is 1. The number of nitrogens with one attached hydrogen (secondary N) is 1. The summed E-state index contributed by atoms with van der Waals surface area (Å²) in [4.78, 5) is 12.8. The van der Waals surface area contributed by atoms with Crippen LogP contribution in [-0.4, -0.2) is 26.6 Å². The van der Waals surface area contributed by atoms with Crippen LogP contribution >= 0.6 is 11.6 Å². The van der Waals surface area contributed by atoms with Crippen LogP contribution in [-0.2, 0) is 34.2 Å². The van der Waals surface area contributed by atoms with E-state index in [1.165, 1.54) is 11.1 Å². The number of rotatable bonds is 8. The topological polar surface area (TPSA) is 66.5 Å². The van der Waals surface area contributed by atoms with E-state index in [9.17, 15) is 13.2 Å². The number of aryl methyl sites for hydroxylation is 2. The Morgan fingerprint density at radius 2 is 1.71 bits per heavy atom. The summed E-state index contributed by atoms with van der Waals surface area (Å²) in [6, 6.07) is 11.8. The standard InChI is InChI=1S/C21H27ClN2O3S/c1-5-16-7-8-17(6-2)18(13-16)14-23-21(25)15(3)24(28(4,26)27)20-11-9-19(22)10-12-20/h7-13,15H,5-6,14H2,1-4H3,(H,23,25)/t15-/m0/s1. The van der Waals surface area contributed by atoms with Gasteiger partial charge < -0.3 is 5.32 Å². The first-order valence-electron chi connectivity index (χ1n) is 9.30. The largest absolute Gasteiger partial charge is 0.350 e. The van der Waals surface area contributed by atoms with E-state index in [4.69, 9.17) is 11.6 Å². The molecule has 5 nitrogen and oxygen atoms in total. The molecule has 152 valence electrons. The Bertz CT molecular complexity index is 927. The highest BCUT2D eigenvalue weighted by Crippen LogP contribution is 2.23. The van der Waals surface area contributed by atoms with Crippen LogP contribution in [0.2, 0.25) is 5.02 Å². The van der Waals surface area contributed by atoms with Crippen molar-refractivity contribution in [2.24, 2.45) is 0 Å². The second kappa shape index (κ2) is 9.43. The molecule has 0 heterocycles. The molecular formula is C21H27ClN2O3S. The summed E-state index contributed by atoms with van der Waals surface area (Å²) in [7, 11) is -3.65. The molecule has 1 amide bonds. The monoisotopic (exact) mass is 422 g/mol. The van der Waals surface area contributed by atoms with Crippen LogP contribution in [0, 0.1) is 0 Å². The summed E-state index contributed by atoms with van der Waals surface area (Å²) < 4.78 is 25.8. The fourth-order valence-electron chi connectivity index (χ4n) is 3.14. The molecule has 0 bridgehead atoms. The van der Waals surface area contributed by atoms with E-state index in [0.29, 0.717) is 17.3 Å². The minimum absolute atomic E-state index is 0.357. The van der Waals surface area contributed by atoms with Gasteiger partial charge >= 0.3 is 0 Å². The van der Waals surface area contributed by atoms with Crippen molar-refractivity contribution in [3.8, 4) is 0 Å². The molecule has 1 atom stereocenters. The van der Waals surface area contributed by atoms with Crippen molar-refractivity contribution < 1.29 is 13.2 Å². The Hall–Kier alpha value is -2.05. The lowest BCUT2D eigenvalue weighted by Gasteiger charge is -2.28. The number of amides is 1. The molecule has 2 aromatic carbocycles. The zero-order valence-corrected chi connectivity index (χ0v) is 18.3. The maximum Gasteiger partial charge on any atom is 0.243 e. The molecule has 0 aliphatic heterocycles. The Morgan fingerprint density at radius 3 is 2.25 bits per heavy atom. The molecule has 7 heteroatoms. The van der Waals surface area contributed by atoms with Gasteiger partial charge in [0.1, 0.15) is 6.04 Å². The molecule has 0 aliphatic carbocycles. The highest BCUT2D eigenvalue weighted by molar-refractivity contribution is 7.92. The maximum absolute atomic E-state index is 12.8. The SMILES string of the molecule is CCc1ccc(CC)c(CNC(=O)[C@H](C)N(c2ccc(Cl)cc2)S(C)(=O)=O)c1. The molecular weight excluding hydrogens is 396 g/mol. The first-order valence-corrected chi connectivity index (χ1v) is 11.5. The van der Waals surface area contributed by atoms with Crippen LogP contribution in [0.1, 0.15) is 37.5 Å². The first kappa shape index (κ1) is 22.2. The van der Waals surface area contributed by atoms with E-state index in [2.05, 4.69) is 37.4 Å². The third kappa shape index (κ3) is 5.49. The normalized spacial score (nSPS) is 12.5. The summed E-state index contributed by atoms with van der Waals surface area (Å²) in [5.74, 6) is -0.357. The number of hydrogen-bond donors (Lipinski definition) is 1. The Balaban J connectivity index is 2.21. The first-order chi connectivity index (χ1) is 13.2. The van der Waals surface area contributed by atoms with Crippen LogP contribution in [0.3, 0.4) is 0 Å². The van der Waals surface area contributed by atoms with Crippen LogP contribution < -0.4 is 9.62 Å². The minimum atomic E-state index is -3.65. The lowest BCUT2D eigenvalue weighted by molar-refractivity contribution is -0.122. The fourth-order valence-corrected chi connectivity index (χ4v) is 4.44. The number of sulfonamides is 1. The number of nitrogens with zero attached hydrogens (tertiary/aromatic N) is 1. The molecule has 0 saturated heterocycles. The average molecular weight is 423 g/mol. The molecule has 2 rings (SSSR count). The number of carbonyl (C=O) groups excluding carboxylic acids is 1. The Labute approximate surface area is 172 Å². The van der Waals surface area contributed by atoms with Gasteiger partial charge in [-0.25, -0.2) is 8.42 Å². The van der Waals surface area contributed by atoms with Crippen molar-refractivity contribution in [1.82, 2.24) is 5.32 Å². The summed E-state index contributed by atoms with van der Waals surface area (Å²) in [5, 5.41) is 3.38. The third-order valence-corrected chi connectivity index (χ3v) is 6.18. The van der Waals surface area contributed by atoms with Crippen LogP contribution in [0.25, 0.3) is 0 Å². The van der Waals surface area contributed by atoms with Gasteiger partial charge in [0.25, 0.3) is 0 Å². The van der Waals surface area contributed by atoms with Crippen molar-refractivity contribution in [1.29, 1.82) is 0 Å². The van der Waals surface area contributed by atoms with Gasteiger partial charge in [-0.15, -0.1) is 0 Å². The van der Waals surface area contributed by atoms with E-state index >= 15 is 0 Å². The molecule has 2 aromatic rings. The van der Waals surface area contributed by atoms with Gasteiger partial charge in [-0.2, -0.15) is 0 Å². The summed E-state index contributed by atoms with van der Waals surface area (Å²) in [6.07, 6.45) is 2.87. The molecule has 28 heavy (non-hydrogen) atoms. The predicted octanol–water partition coefficient (Wildman–Crippen LogP) is 3.94. The van der Waals surface area contributed by atoms with Crippen molar-refractivity contribution in [3.63, 3.8) is 0 Å². The zero-order valence-electron chi connectivity index (χ0n) is 16.7. The minimum Gasteiger partial charge on any atom is -0.350 e. The summed E-state index contributed by atoms with van der Waals surface area (Å²) in [5.41, 5.74) is 3.83. The van der Waals surface area contributed by atoms with Crippen molar-refractivity contribution in [2.45, 2.75) is 46.2 Å². The van der Waals surface area contributed by atoms with E-state index in [-0.39, 0.29) is 5.91 Å². The average Bonchev–Trinajstić information content (AvgIpc) is 2.66. The van der Waals surface area contributed by atoms with E-state index in [0.717, 1.165) is 29.0 Å². The van der Waals surface area contributed by atoms with Gasteiger partial charge in [0.05, 0.1) is 11.9 Å². The number of benzene rings is 2. The van der Waals surface area contributed by atoms with Gasteiger partial charge in [-0.05, 0) is 60.7 Å². The second-order valence-electron chi connectivity index (χ2n) is 6.74. The summed E-state index contributed by atoms with van der Waals surface area (Å²) >= 11 is 5.90. The van der Waals surface area contributed by atoms with Crippen molar-refractivity contribution >= 4 is 33.2 Å². The molecule has 0 aromatic heterocycles. The van der Waals surface area contributed by atoms with Gasteiger partial charge in [-0.3, -0.25) is 9.10 Å². The molecule has 0 fully saturated rings. The lowest BCUT2D eigenvalue weighted by atomic mass is 10.0. The zero-order chi connectivity index (χ0) is 20.9. The molecule has 0 aliphatic rings. The quantitative estimate of drug-likeness (QED) is 0.700. The highest BCUT2D eigenvalue weighted by Gasteiger charge is 2.29. The van der Waals surface area contributed by atoms with Crippen LogP contribution in [0.4, 0.5) is 5.69 Å². The van der Waals surface area contributed by atoms with Crippen LogP contribution in [0.5, 0.6) is 0 Å². The van der Waals surface area contributed by atoms with E-state index in [1.807, 2.05) is 0 Å². The smallest absolute Gasteiger partial charge is 0.243 e. The second-order valence-corrected chi connectivity index (χ2v) is 9.04. The molecule has 0 spiro atoms. The summed E-state index contributed by atoms with van der Waals surface area (Å²) in [6.45, 7) is 6.09. The number of anilines is 1. The molecule has 0 saturated carbocycles. The van der Waals surface area contributed by atoms with Gasteiger partial charge in [-0.1, -0.05) is 43.6 Å². The number of carbonyl (C=O) groups is 1. The highest BCUT2D eigenvalue weighted by atomic mass is 35.5. The Morgan fingerprint density at radius 1 is 1.07 bits per heavy atom. The van der Waals surface area contributed by atoms with E-state index in [1.54, 1.807) is 31.2 Å². The maximum atomic E-state index is 12.8.